The molecule has 0 amide bonds. The van der Waals surface area contributed by atoms with Crippen molar-refractivity contribution in [3.8, 4) is 5.75 Å². The zero-order chi connectivity index (χ0) is 13.7. The van der Waals surface area contributed by atoms with Gasteiger partial charge in [0.25, 0.3) is 0 Å². The molecule has 0 saturated carbocycles. The monoisotopic (exact) mass is 334 g/mol. The number of Topliss-reactive ketones (excluding diaryl/α,β-unsaturated/α-hetero) is 1. The number of fused-ring (bicyclic) bond motifs is 1. The molecular formula is C15H24Cl2N2O2. The van der Waals surface area contributed by atoms with Crippen LogP contribution in [0.2, 0.25) is 0 Å². The fraction of sp³-hybridized carbons (Fsp3) is 0.533. The Morgan fingerprint density at radius 1 is 1.29 bits per heavy atom. The third kappa shape index (κ3) is 6.22. The number of hydrogen-bond acceptors (Lipinski definition) is 4. The zero-order valence-electron chi connectivity index (χ0n) is 12.5. The second-order valence-electron chi connectivity index (χ2n) is 5.24. The number of rotatable bonds is 5. The van der Waals surface area contributed by atoms with E-state index >= 15 is 0 Å². The van der Waals surface area contributed by atoms with Crippen LogP contribution in [-0.2, 0) is 0 Å². The Hall–Kier alpha value is -0.810. The summed E-state index contributed by atoms with van der Waals surface area (Å²) >= 11 is 0. The van der Waals surface area contributed by atoms with E-state index in [0.29, 0.717) is 24.3 Å². The molecule has 1 aliphatic heterocycles. The highest BCUT2D eigenvalue weighted by molar-refractivity contribution is 5.99. The highest BCUT2D eigenvalue weighted by atomic mass is 35.5. The van der Waals surface area contributed by atoms with Crippen LogP contribution in [0.4, 0.5) is 0 Å². The standard InChI is InChI=1S/C15H22N2O2.2ClH/c1-17(2)9-5-8-16-12-10-14(18)13-6-3-4-7-15(13)19-11-12;;/h3-4,6-7,12,16H,5,8-11H2,1-2H3;2*1H. The zero-order valence-corrected chi connectivity index (χ0v) is 14.1. The number of hydrogen-bond donors (Lipinski definition) is 1. The normalized spacial score (nSPS) is 17.1. The van der Waals surface area contributed by atoms with Crippen molar-refractivity contribution in [2.45, 2.75) is 18.9 Å². The summed E-state index contributed by atoms with van der Waals surface area (Å²) in [6, 6.07) is 7.59. The minimum absolute atomic E-state index is 0. The van der Waals surface area contributed by atoms with Crippen LogP contribution in [-0.4, -0.2) is 50.5 Å². The summed E-state index contributed by atoms with van der Waals surface area (Å²) in [5.74, 6) is 0.878. The maximum absolute atomic E-state index is 12.1. The lowest BCUT2D eigenvalue weighted by atomic mass is 10.0. The van der Waals surface area contributed by atoms with Crippen molar-refractivity contribution in [1.29, 1.82) is 0 Å². The van der Waals surface area contributed by atoms with Gasteiger partial charge < -0.3 is 15.0 Å². The number of carbonyl (C=O) groups excluding carboxylic acids is 1. The summed E-state index contributed by atoms with van der Waals surface area (Å²) in [6.07, 6.45) is 1.59. The molecule has 1 N–H and O–H groups in total. The van der Waals surface area contributed by atoms with Crippen LogP contribution in [0.3, 0.4) is 0 Å². The first-order valence-corrected chi connectivity index (χ1v) is 6.80. The SMILES string of the molecule is CN(C)CCCNC1COc2ccccc2C(=O)C1.Cl.Cl. The van der Waals surface area contributed by atoms with Crippen LogP contribution in [0.5, 0.6) is 5.75 Å². The predicted octanol–water partition coefficient (Wildman–Crippen LogP) is 2.41. The lowest BCUT2D eigenvalue weighted by Crippen LogP contribution is -2.36. The van der Waals surface area contributed by atoms with Gasteiger partial charge in [-0.05, 0) is 45.7 Å². The van der Waals surface area contributed by atoms with Crippen LogP contribution in [0, 0.1) is 0 Å². The van der Waals surface area contributed by atoms with Crippen molar-refractivity contribution in [3.05, 3.63) is 29.8 Å². The van der Waals surface area contributed by atoms with Gasteiger partial charge in [0.1, 0.15) is 12.4 Å². The summed E-state index contributed by atoms with van der Waals surface area (Å²) in [4.78, 5) is 14.3. The molecule has 0 bridgehead atoms. The van der Waals surface area contributed by atoms with Gasteiger partial charge in [-0.3, -0.25) is 4.79 Å². The summed E-state index contributed by atoms with van der Waals surface area (Å²) in [7, 11) is 4.13. The molecule has 120 valence electrons. The summed E-state index contributed by atoms with van der Waals surface area (Å²) in [5, 5.41) is 3.41. The molecule has 0 aliphatic carbocycles. The summed E-state index contributed by atoms with van der Waals surface area (Å²) < 4.78 is 5.72. The molecule has 1 heterocycles. The number of para-hydroxylation sites is 1. The van der Waals surface area contributed by atoms with Gasteiger partial charge in [-0.1, -0.05) is 12.1 Å². The third-order valence-corrected chi connectivity index (χ3v) is 3.27. The van der Waals surface area contributed by atoms with E-state index in [9.17, 15) is 4.79 Å². The van der Waals surface area contributed by atoms with Crippen molar-refractivity contribution in [2.24, 2.45) is 0 Å². The van der Waals surface area contributed by atoms with E-state index in [0.717, 1.165) is 19.5 Å². The average molecular weight is 335 g/mol. The van der Waals surface area contributed by atoms with Crippen LogP contribution in [0.25, 0.3) is 0 Å². The van der Waals surface area contributed by atoms with E-state index in [-0.39, 0.29) is 36.6 Å². The number of ether oxygens (including phenoxy) is 1. The Balaban J connectivity index is 0.00000200. The van der Waals surface area contributed by atoms with Crippen molar-refractivity contribution in [3.63, 3.8) is 0 Å². The Bertz CT molecular complexity index is 441. The highest BCUT2D eigenvalue weighted by Crippen LogP contribution is 2.23. The van der Waals surface area contributed by atoms with Crippen molar-refractivity contribution < 1.29 is 9.53 Å². The maximum Gasteiger partial charge on any atom is 0.168 e. The lowest BCUT2D eigenvalue weighted by Gasteiger charge is -2.16. The summed E-state index contributed by atoms with van der Waals surface area (Å²) in [6.45, 7) is 2.52. The molecule has 0 saturated heterocycles. The number of halogens is 2. The van der Waals surface area contributed by atoms with Gasteiger partial charge in [-0.2, -0.15) is 0 Å². The van der Waals surface area contributed by atoms with Gasteiger partial charge in [0.2, 0.25) is 0 Å². The number of ketones is 1. The smallest absolute Gasteiger partial charge is 0.168 e. The fourth-order valence-electron chi connectivity index (χ4n) is 2.24. The molecule has 0 aromatic heterocycles. The van der Waals surface area contributed by atoms with Crippen molar-refractivity contribution in [1.82, 2.24) is 10.2 Å². The quantitative estimate of drug-likeness (QED) is 0.839. The van der Waals surface area contributed by atoms with Gasteiger partial charge in [-0.15, -0.1) is 24.8 Å². The van der Waals surface area contributed by atoms with Crippen molar-refractivity contribution in [2.75, 3.05) is 33.8 Å². The van der Waals surface area contributed by atoms with E-state index in [1.54, 1.807) is 0 Å². The molecule has 0 spiro atoms. The van der Waals surface area contributed by atoms with Gasteiger partial charge in [-0.25, -0.2) is 0 Å². The Morgan fingerprint density at radius 2 is 2.00 bits per heavy atom. The predicted molar refractivity (Wildman–Crippen MR) is 90.3 cm³/mol. The molecule has 1 unspecified atom stereocenters. The second kappa shape index (κ2) is 10.0. The van der Waals surface area contributed by atoms with Crippen LogP contribution in [0.1, 0.15) is 23.2 Å². The molecule has 4 nitrogen and oxygen atoms in total. The van der Waals surface area contributed by atoms with Crippen LogP contribution >= 0.6 is 24.8 Å². The lowest BCUT2D eigenvalue weighted by molar-refractivity contribution is 0.0971. The first kappa shape index (κ1) is 20.2. The van der Waals surface area contributed by atoms with Crippen LogP contribution in [0.15, 0.2) is 24.3 Å². The molecule has 1 aromatic carbocycles. The molecule has 1 aliphatic rings. The third-order valence-electron chi connectivity index (χ3n) is 3.27. The summed E-state index contributed by atoms with van der Waals surface area (Å²) in [5.41, 5.74) is 0.708. The van der Waals surface area contributed by atoms with Gasteiger partial charge in [0, 0.05) is 12.5 Å². The Morgan fingerprint density at radius 3 is 2.71 bits per heavy atom. The number of nitrogens with zero attached hydrogens (tertiary/aromatic N) is 1. The highest BCUT2D eigenvalue weighted by Gasteiger charge is 2.22. The molecule has 0 fully saturated rings. The average Bonchev–Trinajstić information content (AvgIpc) is 2.55. The Labute approximate surface area is 139 Å². The Kier molecular flexibility index (Phi) is 9.62. The molecular weight excluding hydrogens is 311 g/mol. The molecule has 6 heteroatoms. The molecule has 0 radical (unpaired) electrons. The van der Waals surface area contributed by atoms with Gasteiger partial charge >= 0.3 is 0 Å². The number of nitrogens with one attached hydrogen (secondary N) is 1. The van der Waals surface area contributed by atoms with E-state index in [1.807, 2.05) is 24.3 Å². The van der Waals surface area contributed by atoms with Crippen LogP contribution < -0.4 is 10.1 Å². The number of carbonyl (C=O) groups is 1. The largest absolute Gasteiger partial charge is 0.491 e. The molecule has 21 heavy (non-hydrogen) atoms. The minimum Gasteiger partial charge on any atom is -0.491 e. The molecule has 2 rings (SSSR count). The van der Waals surface area contributed by atoms with Gasteiger partial charge in [0.05, 0.1) is 5.56 Å². The maximum atomic E-state index is 12.1. The second-order valence-corrected chi connectivity index (χ2v) is 5.24. The first-order chi connectivity index (χ1) is 9.16. The fourth-order valence-corrected chi connectivity index (χ4v) is 2.24. The van der Waals surface area contributed by atoms with Crippen molar-refractivity contribution >= 4 is 30.6 Å². The van der Waals surface area contributed by atoms with E-state index in [1.165, 1.54) is 0 Å². The minimum atomic E-state index is 0. The molecule has 1 aromatic rings. The van der Waals surface area contributed by atoms with Gasteiger partial charge in [0.15, 0.2) is 5.78 Å². The number of benzene rings is 1. The van der Waals surface area contributed by atoms with E-state index in [4.69, 9.17) is 4.74 Å². The topological polar surface area (TPSA) is 41.6 Å². The molecule has 1 atom stereocenters. The van der Waals surface area contributed by atoms with E-state index in [2.05, 4.69) is 24.3 Å². The van der Waals surface area contributed by atoms with E-state index < -0.39 is 0 Å². The first-order valence-electron chi connectivity index (χ1n) is 6.80.